The van der Waals surface area contributed by atoms with Crippen LogP contribution >= 0.6 is 43.2 Å². The average Bonchev–Trinajstić information content (AvgIpc) is 2.66. The number of halogens is 2. The molecule has 0 aliphatic carbocycles. The highest BCUT2D eigenvalue weighted by Gasteiger charge is 2.06. The van der Waals surface area contributed by atoms with Gasteiger partial charge in [-0.25, -0.2) is 4.98 Å². The number of benzene rings is 1. The van der Waals surface area contributed by atoms with E-state index in [1.807, 2.05) is 23.6 Å². The van der Waals surface area contributed by atoms with E-state index in [1.54, 1.807) is 18.4 Å². The highest BCUT2D eigenvalue weighted by molar-refractivity contribution is 9.11. The van der Waals surface area contributed by atoms with E-state index in [1.165, 1.54) is 0 Å². The summed E-state index contributed by atoms with van der Waals surface area (Å²) >= 11 is 8.33. The van der Waals surface area contributed by atoms with E-state index in [9.17, 15) is 0 Å². The molecule has 0 bridgehead atoms. The molecule has 78 valence electrons. The number of hydrogen-bond acceptors (Lipinski definition) is 3. The van der Waals surface area contributed by atoms with E-state index in [2.05, 4.69) is 36.8 Å². The van der Waals surface area contributed by atoms with E-state index >= 15 is 0 Å². The molecule has 0 atom stereocenters. The van der Waals surface area contributed by atoms with Gasteiger partial charge in [0.15, 0.2) is 3.92 Å². The van der Waals surface area contributed by atoms with Crippen molar-refractivity contribution in [1.29, 1.82) is 0 Å². The minimum atomic E-state index is 0.816. The first kappa shape index (κ1) is 11.1. The minimum absolute atomic E-state index is 0.816. The van der Waals surface area contributed by atoms with Crippen molar-refractivity contribution in [2.45, 2.75) is 0 Å². The molecule has 15 heavy (non-hydrogen) atoms. The van der Waals surface area contributed by atoms with Gasteiger partial charge in [0.05, 0.1) is 17.3 Å². The molecule has 0 amide bonds. The molecule has 0 aliphatic rings. The summed E-state index contributed by atoms with van der Waals surface area (Å²) in [5.41, 5.74) is 2.01. The average molecular weight is 349 g/mol. The van der Waals surface area contributed by atoms with E-state index < -0.39 is 0 Å². The van der Waals surface area contributed by atoms with Crippen LogP contribution in [0.3, 0.4) is 0 Å². The lowest BCUT2D eigenvalue weighted by atomic mass is 10.2. The molecule has 1 aromatic heterocycles. The van der Waals surface area contributed by atoms with Crippen molar-refractivity contribution in [1.82, 2.24) is 4.98 Å². The number of nitrogens with zero attached hydrogens (tertiary/aromatic N) is 1. The fraction of sp³-hybridized carbons (Fsp3) is 0.100. The first-order valence-corrected chi connectivity index (χ1v) is 6.62. The maximum Gasteiger partial charge on any atom is 0.159 e. The Hall–Kier alpha value is -0.390. The summed E-state index contributed by atoms with van der Waals surface area (Å²) in [6.45, 7) is 0. The predicted molar refractivity (Wildman–Crippen MR) is 69.5 cm³/mol. The second-order valence-corrected chi connectivity index (χ2v) is 5.82. The Morgan fingerprint density at radius 1 is 1.33 bits per heavy atom. The van der Waals surface area contributed by atoms with Gasteiger partial charge in [-0.1, -0.05) is 6.07 Å². The summed E-state index contributed by atoms with van der Waals surface area (Å²) in [5, 5.41) is 2.01. The van der Waals surface area contributed by atoms with Crippen molar-refractivity contribution in [3.05, 3.63) is 32.0 Å². The molecular formula is C10H7Br2NOS. The van der Waals surface area contributed by atoms with E-state index in [0.717, 1.165) is 25.4 Å². The molecule has 1 heterocycles. The number of rotatable bonds is 2. The third-order valence-electron chi connectivity index (χ3n) is 1.92. The van der Waals surface area contributed by atoms with Crippen LogP contribution in [0.25, 0.3) is 11.3 Å². The summed E-state index contributed by atoms with van der Waals surface area (Å²) < 4.78 is 7.07. The van der Waals surface area contributed by atoms with Gasteiger partial charge in [-0.15, -0.1) is 11.3 Å². The lowest BCUT2D eigenvalue weighted by Gasteiger charge is -2.04. The van der Waals surface area contributed by atoms with Crippen molar-refractivity contribution in [2.24, 2.45) is 0 Å². The third-order valence-corrected chi connectivity index (χ3v) is 3.94. The molecule has 0 radical (unpaired) electrons. The lowest BCUT2D eigenvalue weighted by molar-refractivity contribution is 0.412. The van der Waals surface area contributed by atoms with Gasteiger partial charge in [0.1, 0.15) is 5.75 Å². The molecule has 1 aromatic carbocycles. The van der Waals surface area contributed by atoms with Crippen molar-refractivity contribution >= 4 is 43.2 Å². The van der Waals surface area contributed by atoms with Crippen LogP contribution in [-0.4, -0.2) is 12.1 Å². The molecule has 5 heteroatoms. The Kier molecular flexibility index (Phi) is 3.43. The van der Waals surface area contributed by atoms with Crippen molar-refractivity contribution in [2.75, 3.05) is 7.11 Å². The maximum absolute atomic E-state index is 5.23. The fourth-order valence-electron chi connectivity index (χ4n) is 1.20. The standard InChI is InChI=1S/C10H7Br2NOS/c1-14-9-4-6(2-3-7(9)11)8-5-15-10(12)13-8/h2-5H,1H3. The fourth-order valence-corrected chi connectivity index (χ4v) is 2.63. The van der Waals surface area contributed by atoms with Gasteiger partial charge in [0.25, 0.3) is 0 Å². The van der Waals surface area contributed by atoms with Gasteiger partial charge in [0, 0.05) is 10.9 Å². The largest absolute Gasteiger partial charge is 0.496 e. The van der Waals surface area contributed by atoms with Crippen LogP contribution in [0.15, 0.2) is 32.0 Å². The van der Waals surface area contributed by atoms with Gasteiger partial charge in [-0.05, 0) is 44.0 Å². The number of aromatic nitrogens is 1. The first-order chi connectivity index (χ1) is 7.20. The summed E-state index contributed by atoms with van der Waals surface area (Å²) in [5.74, 6) is 0.816. The molecule has 2 rings (SSSR count). The molecule has 2 nitrogen and oxygen atoms in total. The highest BCUT2D eigenvalue weighted by atomic mass is 79.9. The number of ether oxygens (including phenoxy) is 1. The monoisotopic (exact) mass is 347 g/mol. The Morgan fingerprint density at radius 2 is 2.13 bits per heavy atom. The normalized spacial score (nSPS) is 10.3. The molecule has 2 aromatic rings. The molecule has 0 spiro atoms. The van der Waals surface area contributed by atoms with Crippen LogP contribution < -0.4 is 4.74 Å². The quantitative estimate of drug-likeness (QED) is 0.805. The molecule has 0 unspecified atom stereocenters. The zero-order chi connectivity index (χ0) is 10.8. The zero-order valence-corrected chi connectivity index (χ0v) is 11.8. The van der Waals surface area contributed by atoms with Crippen LogP contribution in [0.4, 0.5) is 0 Å². The maximum atomic E-state index is 5.23. The summed E-state index contributed by atoms with van der Waals surface area (Å²) in [6.07, 6.45) is 0. The van der Waals surface area contributed by atoms with Gasteiger partial charge < -0.3 is 4.74 Å². The van der Waals surface area contributed by atoms with E-state index in [0.29, 0.717) is 0 Å². The van der Waals surface area contributed by atoms with Crippen LogP contribution in [-0.2, 0) is 0 Å². The number of methoxy groups -OCH3 is 1. The topological polar surface area (TPSA) is 22.1 Å². The SMILES string of the molecule is COc1cc(-c2csc(Br)n2)ccc1Br. The van der Waals surface area contributed by atoms with Crippen molar-refractivity contribution in [3.8, 4) is 17.0 Å². The number of hydrogen-bond donors (Lipinski definition) is 0. The second kappa shape index (κ2) is 4.63. The van der Waals surface area contributed by atoms with Gasteiger partial charge in [0.2, 0.25) is 0 Å². The van der Waals surface area contributed by atoms with Crippen LogP contribution in [0.5, 0.6) is 5.75 Å². The first-order valence-electron chi connectivity index (χ1n) is 4.15. The molecule has 0 N–H and O–H groups in total. The van der Waals surface area contributed by atoms with Crippen LogP contribution in [0.1, 0.15) is 0 Å². The van der Waals surface area contributed by atoms with E-state index in [4.69, 9.17) is 4.74 Å². The summed E-state index contributed by atoms with van der Waals surface area (Å²) in [7, 11) is 1.65. The smallest absolute Gasteiger partial charge is 0.159 e. The van der Waals surface area contributed by atoms with Crippen molar-refractivity contribution < 1.29 is 4.74 Å². The van der Waals surface area contributed by atoms with Gasteiger partial charge >= 0.3 is 0 Å². The van der Waals surface area contributed by atoms with Gasteiger partial charge in [-0.3, -0.25) is 0 Å². The summed E-state index contributed by atoms with van der Waals surface area (Å²) in [6, 6.07) is 5.93. The third kappa shape index (κ3) is 2.41. The second-order valence-electron chi connectivity index (χ2n) is 2.84. The van der Waals surface area contributed by atoms with Crippen LogP contribution in [0, 0.1) is 0 Å². The van der Waals surface area contributed by atoms with Crippen molar-refractivity contribution in [3.63, 3.8) is 0 Å². The molecular weight excluding hydrogens is 342 g/mol. The van der Waals surface area contributed by atoms with Gasteiger partial charge in [-0.2, -0.15) is 0 Å². The Bertz CT molecular complexity index is 484. The Morgan fingerprint density at radius 3 is 2.73 bits per heavy atom. The minimum Gasteiger partial charge on any atom is -0.496 e. The predicted octanol–water partition coefficient (Wildman–Crippen LogP) is 4.34. The molecule has 0 fully saturated rings. The zero-order valence-electron chi connectivity index (χ0n) is 7.83. The Balaban J connectivity index is 2.45. The lowest BCUT2D eigenvalue weighted by Crippen LogP contribution is -1.85. The Labute approximate surface area is 109 Å². The van der Waals surface area contributed by atoms with E-state index in [-0.39, 0.29) is 0 Å². The molecule has 0 saturated carbocycles. The molecule has 0 saturated heterocycles. The number of thiazole rings is 1. The summed E-state index contributed by atoms with van der Waals surface area (Å²) in [4.78, 5) is 4.35. The van der Waals surface area contributed by atoms with Crippen LogP contribution in [0.2, 0.25) is 0 Å². The highest BCUT2D eigenvalue weighted by Crippen LogP contribution is 2.31. The molecule has 0 aliphatic heterocycles.